The largest absolute Gasteiger partial charge is 0.381 e. The van der Waals surface area contributed by atoms with E-state index in [0.29, 0.717) is 11.6 Å². The van der Waals surface area contributed by atoms with Crippen molar-refractivity contribution in [3.05, 3.63) is 29.3 Å². The van der Waals surface area contributed by atoms with Gasteiger partial charge in [0, 0.05) is 18.1 Å². The van der Waals surface area contributed by atoms with E-state index in [9.17, 15) is 0 Å². The molecule has 0 unspecified atom stereocenters. The summed E-state index contributed by atoms with van der Waals surface area (Å²) in [4.78, 5) is 8.23. The van der Waals surface area contributed by atoms with Crippen molar-refractivity contribution in [3.63, 3.8) is 0 Å². The average Bonchev–Trinajstić information content (AvgIpc) is 2.55. The molecule has 0 radical (unpaired) electrons. The highest BCUT2D eigenvalue weighted by atomic mass is 15.3. The number of anilines is 1. The minimum Gasteiger partial charge on any atom is -0.381 e. The lowest BCUT2D eigenvalue weighted by Gasteiger charge is -2.05. The summed E-state index contributed by atoms with van der Waals surface area (Å²) in [7, 11) is 0. The number of rotatable bonds is 2. The lowest BCUT2D eigenvalue weighted by molar-refractivity contribution is 0.802. The minimum atomic E-state index is 0.399. The van der Waals surface area contributed by atoms with Gasteiger partial charge in [0.15, 0.2) is 11.6 Å². The Hall–Kier alpha value is -1.91. The molecule has 0 amide bonds. The number of aromatic nitrogens is 4. The smallest absolute Gasteiger partial charge is 0.196 e. The van der Waals surface area contributed by atoms with Gasteiger partial charge >= 0.3 is 0 Å². The van der Waals surface area contributed by atoms with E-state index in [4.69, 9.17) is 5.73 Å². The quantitative estimate of drug-likeness (QED) is 0.826. The predicted molar refractivity (Wildman–Crippen MR) is 62.4 cm³/mol. The van der Waals surface area contributed by atoms with E-state index in [1.165, 1.54) is 5.56 Å². The van der Waals surface area contributed by atoms with Crippen molar-refractivity contribution in [1.29, 1.82) is 0 Å². The maximum atomic E-state index is 5.79. The number of nitrogen functional groups attached to an aromatic ring is 1. The van der Waals surface area contributed by atoms with E-state index in [0.717, 1.165) is 17.8 Å². The second kappa shape index (κ2) is 3.92. The van der Waals surface area contributed by atoms with Crippen LogP contribution in [0.4, 0.5) is 5.82 Å². The van der Waals surface area contributed by atoms with Crippen LogP contribution in [-0.4, -0.2) is 19.7 Å². The normalized spacial score (nSPS) is 10.7. The fourth-order valence-electron chi connectivity index (χ4n) is 1.90. The van der Waals surface area contributed by atoms with Crippen molar-refractivity contribution in [2.24, 2.45) is 0 Å². The van der Waals surface area contributed by atoms with Crippen LogP contribution in [0.5, 0.6) is 0 Å². The first-order valence-corrected chi connectivity index (χ1v) is 5.27. The van der Waals surface area contributed by atoms with Crippen LogP contribution in [0, 0.1) is 13.8 Å². The maximum Gasteiger partial charge on any atom is 0.196 e. The van der Waals surface area contributed by atoms with Gasteiger partial charge < -0.3 is 5.73 Å². The van der Waals surface area contributed by atoms with Gasteiger partial charge in [0.2, 0.25) is 0 Å². The summed E-state index contributed by atoms with van der Waals surface area (Å²) in [6.07, 6.45) is 4.15. The van der Waals surface area contributed by atoms with Crippen molar-refractivity contribution < 1.29 is 0 Å². The van der Waals surface area contributed by atoms with Gasteiger partial charge in [-0.3, -0.25) is 0 Å². The number of hydrogen-bond donors (Lipinski definition) is 1. The number of hydrogen-bond acceptors (Lipinski definition) is 4. The SMILES string of the molecule is CCc1c(C)nn(-c2nccnc2N)c1C. The molecule has 0 aliphatic carbocycles. The van der Waals surface area contributed by atoms with Crippen LogP contribution in [0.2, 0.25) is 0 Å². The molecular formula is C11H15N5. The second-order valence-electron chi connectivity index (χ2n) is 3.68. The van der Waals surface area contributed by atoms with E-state index in [-0.39, 0.29) is 0 Å². The van der Waals surface area contributed by atoms with Crippen molar-refractivity contribution >= 4 is 5.82 Å². The molecule has 2 rings (SSSR count). The van der Waals surface area contributed by atoms with Crippen LogP contribution in [0.1, 0.15) is 23.9 Å². The van der Waals surface area contributed by atoms with Crippen LogP contribution in [-0.2, 0) is 6.42 Å². The molecule has 2 aromatic heterocycles. The summed E-state index contributed by atoms with van der Waals surface area (Å²) in [5, 5.41) is 4.45. The molecule has 0 atom stereocenters. The fraction of sp³-hybridized carbons (Fsp3) is 0.364. The Labute approximate surface area is 94.3 Å². The highest BCUT2D eigenvalue weighted by Crippen LogP contribution is 2.19. The monoisotopic (exact) mass is 217 g/mol. The Balaban J connectivity index is 2.62. The summed E-state index contributed by atoms with van der Waals surface area (Å²) in [6.45, 7) is 6.13. The molecule has 0 aromatic carbocycles. The van der Waals surface area contributed by atoms with Crippen molar-refractivity contribution in [2.45, 2.75) is 27.2 Å². The average molecular weight is 217 g/mol. The Morgan fingerprint density at radius 2 is 1.94 bits per heavy atom. The highest BCUT2D eigenvalue weighted by molar-refractivity contribution is 5.47. The van der Waals surface area contributed by atoms with E-state index in [2.05, 4.69) is 22.0 Å². The Morgan fingerprint density at radius 3 is 2.50 bits per heavy atom. The molecule has 0 bridgehead atoms. The summed E-state index contributed by atoms with van der Waals surface area (Å²) >= 11 is 0. The van der Waals surface area contributed by atoms with Crippen LogP contribution in [0.25, 0.3) is 5.82 Å². The van der Waals surface area contributed by atoms with Gasteiger partial charge in [-0.15, -0.1) is 0 Å². The van der Waals surface area contributed by atoms with E-state index in [1.54, 1.807) is 17.1 Å². The zero-order valence-corrected chi connectivity index (χ0v) is 9.73. The van der Waals surface area contributed by atoms with Crippen molar-refractivity contribution in [2.75, 3.05) is 5.73 Å². The topological polar surface area (TPSA) is 69.6 Å². The standard InChI is InChI=1S/C11H15N5/c1-4-9-7(2)15-16(8(9)3)11-10(12)13-5-6-14-11/h5-6H,4H2,1-3H3,(H2,12,13). The molecular weight excluding hydrogens is 202 g/mol. The minimum absolute atomic E-state index is 0.399. The Morgan fingerprint density at radius 1 is 1.25 bits per heavy atom. The van der Waals surface area contributed by atoms with E-state index in [1.807, 2.05) is 13.8 Å². The summed E-state index contributed by atoms with van der Waals surface area (Å²) in [5.74, 6) is 0.999. The number of nitrogens with zero attached hydrogens (tertiary/aromatic N) is 4. The molecule has 2 N–H and O–H groups in total. The summed E-state index contributed by atoms with van der Waals surface area (Å²) in [6, 6.07) is 0. The summed E-state index contributed by atoms with van der Waals surface area (Å²) < 4.78 is 1.76. The molecule has 5 heteroatoms. The predicted octanol–water partition coefficient (Wildman–Crippen LogP) is 1.42. The van der Waals surface area contributed by atoms with Gasteiger partial charge in [0.25, 0.3) is 0 Å². The Bertz CT molecular complexity index is 515. The van der Waals surface area contributed by atoms with E-state index >= 15 is 0 Å². The first-order valence-electron chi connectivity index (χ1n) is 5.27. The number of aryl methyl sites for hydroxylation is 1. The van der Waals surface area contributed by atoms with Gasteiger partial charge in [0.05, 0.1) is 5.69 Å². The molecule has 0 saturated carbocycles. The zero-order chi connectivity index (χ0) is 11.7. The molecule has 0 saturated heterocycles. The van der Waals surface area contributed by atoms with Gasteiger partial charge in [-0.2, -0.15) is 5.10 Å². The van der Waals surface area contributed by atoms with Crippen molar-refractivity contribution in [1.82, 2.24) is 19.7 Å². The van der Waals surface area contributed by atoms with Gasteiger partial charge in [-0.05, 0) is 25.8 Å². The Kier molecular flexibility index (Phi) is 2.60. The third kappa shape index (κ3) is 1.54. The lowest BCUT2D eigenvalue weighted by Crippen LogP contribution is -2.07. The van der Waals surface area contributed by atoms with E-state index < -0.39 is 0 Å². The summed E-state index contributed by atoms with van der Waals surface area (Å²) in [5.41, 5.74) is 9.12. The lowest BCUT2D eigenvalue weighted by atomic mass is 10.1. The molecule has 16 heavy (non-hydrogen) atoms. The molecule has 0 spiro atoms. The first kappa shape index (κ1) is 10.6. The maximum absolute atomic E-state index is 5.79. The highest BCUT2D eigenvalue weighted by Gasteiger charge is 2.13. The van der Waals surface area contributed by atoms with Gasteiger partial charge in [0.1, 0.15) is 0 Å². The second-order valence-corrected chi connectivity index (χ2v) is 3.68. The van der Waals surface area contributed by atoms with Gasteiger partial charge in [-0.1, -0.05) is 6.92 Å². The zero-order valence-electron chi connectivity index (χ0n) is 9.73. The molecule has 84 valence electrons. The van der Waals surface area contributed by atoms with Crippen LogP contribution < -0.4 is 5.73 Å². The van der Waals surface area contributed by atoms with Gasteiger partial charge in [-0.25, -0.2) is 14.6 Å². The molecule has 0 aliphatic rings. The van der Waals surface area contributed by atoms with Crippen molar-refractivity contribution in [3.8, 4) is 5.82 Å². The first-order chi connectivity index (χ1) is 7.65. The molecule has 0 fully saturated rings. The van der Waals surface area contributed by atoms with Crippen LogP contribution in [0.15, 0.2) is 12.4 Å². The van der Waals surface area contributed by atoms with Crippen LogP contribution >= 0.6 is 0 Å². The number of nitrogens with two attached hydrogens (primary N) is 1. The molecule has 2 heterocycles. The molecule has 2 aromatic rings. The van der Waals surface area contributed by atoms with Crippen LogP contribution in [0.3, 0.4) is 0 Å². The third-order valence-corrected chi connectivity index (χ3v) is 2.70. The molecule has 5 nitrogen and oxygen atoms in total. The fourth-order valence-corrected chi connectivity index (χ4v) is 1.90. The third-order valence-electron chi connectivity index (χ3n) is 2.70. The molecule has 0 aliphatic heterocycles.